The summed E-state index contributed by atoms with van der Waals surface area (Å²) in [5, 5.41) is 19.8. The van der Waals surface area contributed by atoms with E-state index in [-0.39, 0.29) is 53.7 Å². The van der Waals surface area contributed by atoms with Crippen molar-refractivity contribution >= 4 is 23.6 Å². The zero-order chi connectivity index (χ0) is 40.1. The van der Waals surface area contributed by atoms with E-state index in [2.05, 4.69) is 16.0 Å². The molecule has 0 spiro atoms. The third kappa shape index (κ3) is 12.5. The second-order valence-electron chi connectivity index (χ2n) is 14.4. The first-order valence-electron chi connectivity index (χ1n) is 18.7. The van der Waals surface area contributed by atoms with Crippen LogP contribution in [0.4, 0.5) is 8.78 Å². The molecular formula is C40H58F2N4O8. The number of carbonyl (C=O) groups is 4. The first kappa shape index (κ1) is 44.4. The number of nitrogens with one attached hydrogen (secondary N) is 3. The second kappa shape index (κ2) is 21.2. The molecule has 4 N–H and O–H groups in total. The number of carbonyl (C=O) groups excluding carboxylic acids is 4. The fourth-order valence-electron chi connectivity index (χ4n) is 7.03. The molecule has 2 aromatic carbocycles. The van der Waals surface area contributed by atoms with Gasteiger partial charge in [0.25, 0.3) is 11.8 Å². The summed E-state index contributed by atoms with van der Waals surface area (Å²) in [5.41, 5.74) is 1.26. The van der Waals surface area contributed by atoms with Crippen molar-refractivity contribution < 1.29 is 47.3 Å². The average molecular weight is 761 g/mol. The van der Waals surface area contributed by atoms with Gasteiger partial charge in [-0.1, -0.05) is 27.7 Å². The molecule has 1 fully saturated rings. The molecular weight excluding hydrogens is 702 g/mol. The molecule has 300 valence electrons. The number of aryl methyl sites for hydroxylation is 1. The predicted octanol–water partition coefficient (Wildman–Crippen LogP) is 4.09. The van der Waals surface area contributed by atoms with E-state index in [1.165, 1.54) is 6.07 Å². The molecule has 0 saturated heterocycles. The molecule has 1 saturated carbocycles. The van der Waals surface area contributed by atoms with E-state index < -0.39 is 54.0 Å². The zero-order valence-electron chi connectivity index (χ0n) is 32.7. The zero-order valence-corrected chi connectivity index (χ0v) is 32.7. The summed E-state index contributed by atoms with van der Waals surface area (Å²) in [4.78, 5) is 55.8. The number of hydrogen-bond acceptors (Lipinski definition) is 8. The van der Waals surface area contributed by atoms with Gasteiger partial charge < -0.3 is 40.2 Å². The van der Waals surface area contributed by atoms with Gasteiger partial charge in [0.15, 0.2) is 0 Å². The third-order valence-electron chi connectivity index (χ3n) is 9.67. The largest absolute Gasteiger partial charge is 0.390 e. The topological polar surface area (TPSA) is 156 Å². The van der Waals surface area contributed by atoms with Crippen LogP contribution in [0.15, 0.2) is 36.4 Å². The molecule has 1 aliphatic rings. The van der Waals surface area contributed by atoms with Gasteiger partial charge in [-0.3, -0.25) is 19.2 Å². The van der Waals surface area contributed by atoms with E-state index in [4.69, 9.17) is 14.2 Å². The van der Waals surface area contributed by atoms with Crippen LogP contribution < -0.4 is 16.0 Å². The molecule has 12 nitrogen and oxygen atoms in total. The number of hydrogen-bond donors (Lipinski definition) is 4. The lowest BCUT2D eigenvalue weighted by Gasteiger charge is -2.40. The Balaban J connectivity index is 1.80. The minimum atomic E-state index is -1.54. The van der Waals surface area contributed by atoms with Crippen LogP contribution in [-0.4, -0.2) is 111 Å². The van der Waals surface area contributed by atoms with Crippen molar-refractivity contribution in [2.75, 3.05) is 34.4 Å². The van der Waals surface area contributed by atoms with Gasteiger partial charge in [-0.15, -0.1) is 0 Å². The summed E-state index contributed by atoms with van der Waals surface area (Å²) in [7, 11) is 4.69. The van der Waals surface area contributed by atoms with Gasteiger partial charge in [-0.25, -0.2) is 8.78 Å². The van der Waals surface area contributed by atoms with E-state index >= 15 is 0 Å². The minimum absolute atomic E-state index is 0.137. The van der Waals surface area contributed by atoms with Crippen LogP contribution >= 0.6 is 0 Å². The van der Waals surface area contributed by atoms with E-state index in [1.54, 1.807) is 59.1 Å². The Morgan fingerprint density at radius 1 is 0.852 bits per heavy atom. The molecule has 0 heterocycles. The Morgan fingerprint density at radius 3 is 1.94 bits per heavy atom. The minimum Gasteiger partial charge on any atom is -0.390 e. The maximum absolute atomic E-state index is 14.2. The van der Waals surface area contributed by atoms with Gasteiger partial charge >= 0.3 is 0 Å². The highest BCUT2D eigenvalue weighted by Crippen LogP contribution is 2.26. The van der Waals surface area contributed by atoms with Gasteiger partial charge in [-0.05, 0) is 86.4 Å². The maximum atomic E-state index is 14.2. The second-order valence-corrected chi connectivity index (χ2v) is 14.4. The number of amides is 4. The SMILES string of the molecule is CCCN(CCC)C(=O)c1cc(C)cc(C(=O)N[C@@H](Cc2cc(F)cc(F)c2)[C@H](O)CC(=O)N[C@H](C(=O)NC2CC(OC)C(OC)C(OC)C2)C(C)C)c1. The highest BCUT2D eigenvalue weighted by molar-refractivity contribution is 6.00. The molecule has 54 heavy (non-hydrogen) atoms. The standard InChI is InChI=1S/C40H58F2N4O8/c1-9-11-46(12-10-2)40(51)27-14-24(5)13-26(18-27)38(49)44-31(17-25-15-28(41)19-29(42)16-25)32(47)22-35(48)45-36(23(3)4)39(50)43-30-20-33(52-6)37(54-8)34(21-30)53-7/h13-16,18-19,23,30-34,36-37,47H,9-12,17,20-22H2,1-8H3,(H,43,50)(H,44,49)(H,45,48)/t30?,31-,32+,33?,34?,36-,37?/m0/s1. The lowest BCUT2D eigenvalue weighted by molar-refractivity contribution is -0.141. The molecule has 2 unspecified atom stereocenters. The molecule has 4 amide bonds. The van der Waals surface area contributed by atoms with Crippen molar-refractivity contribution in [3.05, 3.63) is 70.3 Å². The van der Waals surface area contributed by atoms with E-state index in [0.717, 1.165) is 25.0 Å². The monoisotopic (exact) mass is 760 g/mol. The lowest BCUT2D eigenvalue weighted by atomic mass is 9.87. The van der Waals surface area contributed by atoms with Crippen LogP contribution in [0.3, 0.4) is 0 Å². The van der Waals surface area contributed by atoms with Crippen LogP contribution in [0.5, 0.6) is 0 Å². The third-order valence-corrected chi connectivity index (χ3v) is 9.67. The summed E-state index contributed by atoms with van der Waals surface area (Å²) in [6.07, 6.45) is -0.832. The number of halogens is 2. The number of aliphatic hydroxyl groups excluding tert-OH is 1. The summed E-state index contributed by atoms with van der Waals surface area (Å²) in [6.45, 7) is 10.3. The van der Waals surface area contributed by atoms with Gasteiger partial charge in [0.1, 0.15) is 23.8 Å². The molecule has 2 aromatic rings. The predicted molar refractivity (Wildman–Crippen MR) is 200 cm³/mol. The summed E-state index contributed by atoms with van der Waals surface area (Å²) >= 11 is 0. The van der Waals surface area contributed by atoms with Gasteiger partial charge in [0.2, 0.25) is 11.8 Å². The maximum Gasteiger partial charge on any atom is 0.253 e. The highest BCUT2D eigenvalue weighted by atomic mass is 19.1. The van der Waals surface area contributed by atoms with E-state index in [0.29, 0.717) is 43.1 Å². The molecule has 3 rings (SSSR count). The number of methoxy groups -OCH3 is 3. The molecule has 0 radical (unpaired) electrons. The normalized spacial score (nSPS) is 20.1. The van der Waals surface area contributed by atoms with Crippen molar-refractivity contribution in [3.8, 4) is 0 Å². The molecule has 5 atom stereocenters. The Bertz CT molecular complexity index is 1540. The van der Waals surface area contributed by atoms with Gasteiger partial charge in [-0.2, -0.15) is 0 Å². The first-order valence-corrected chi connectivity index (χ1v) is 18.7. The summed E-state index contributed by atoms with van der Waals surface area (Å²) < 4.78 is 45.1. The van der Waals surface area contributed by atoms with Crippen molar-refractivity contribution in [2.24, 2.45) is 5.92 Å². The van der Waals surface area contributed by atoms with Crippen LogP contribution in [-0.2, 0) is 30.2 Å². The molecule has 0 bridgehead atoms. The fourth-order valence-corrected chi connectivity index (χ4v) is 7.03. The Labute approximate surface area is 317 Å². The molecule has 1 aliphatic carbocycles. The Morgan fingerprint density at radius 2 is 1.43 bits per heavy atom. The van der Waals surface area contributed by atoms with E-state index in [1.807, 2.05) is 13.8 Å². The average Bonchev–Trinajstić information content (AvgIpc) is 3.11. The van der Waals surface area contributed by atoms with E-state index in [9.17, 15) is 33.1 Å². The van der Waals surface area contributed by atoms with Crippen LogP contribution in [0.1, 0.15) is 91.6 Å². The molecule has 14 heteroatoms. The van der Waals surface area contributed by atoms with Crippen LogP contribution in [0.2, 0.25) is 0 Å². The highest BCUT2D eigenvalue weighted by Gasteiger charge is 2.40. The molecule has 0 aromatic heterocycles. The summed E-state index contributed by atoms with van der Waals surface area (Å²) in [6, 6.07) is 5.13. The number of rotatable bonds is 19. The van der Waals surface area contributed by atoms with Gasteiger partial charge in [0.05, 0.1) is 30.8 Å². The Hall–Kier alpha value is -3.98. The van der Waals surface area contributed by atoms with Crippen LogP contribution in [0.25, 0.3) is 0 Å². The van der Waals surface area contributed by atoms with Crippen molar-refractivity contribution in [2.45, 2.75) is 116 Å². The molecule has 0 aliphatic heterocycles. The number of nitrogens with zero attached hydrogens (tertiary/aromatic N) is 1. The van der Waals surface area contributed by atoms with Gasteiger partial charge in [0, 0.05) is 57.7 Å². The van der Waals surface area contributed by atoms with Crippen molar-refractivity contribution in [1.82, 2.24) is 20.9 Å². The quantitative estimate of drug-likeness (QED) is 0.167. The Kier molecular flexibility index (Phi) is 17.4. The smallest absolute Gasteiger partial charge is 0.253 e. The van der Waals surface area contributed by atoms with Crippen LogP contribution in [0, 0.1) is 24.5 Å². The fraction of sp³-hybridized carbons (Fsp3) is 0.600. The van der Waals surface area contributed by atoms with Crippen molar-refractivity contribution in [1.29, 1.82) is 0 Å². The number of benzene rings is 2. The number of aliphatic hydroxyl groups is 1. The number of ether oxygens (including phenoxy) is 3. The van der Waals surface area contributed by atoms with Crippen molar-refractivity contribution in [3.63, 3.8) is 0 Å². The summed E-state index contributed by atoms with van der Waals surface area (Å²) in [5.74, 6) is -4.01. The lowest BCUT2D eigenvalue weighted by Crippen LogP contribution is -2.57. The first-order chi connectivity index (χ1) is 25.6.